The molecular formula is C15H25IN6O2. The molecular weight excluding hydrogens is 423 g/mol. The van der Waals surface area contributed by atoms with Crippen molar-refractivity contribution in [2.24, 2.45) is 4.99 Å². The Morgan fingerprint density at radius 2 is 2.04 bits per heavy atom. The van der Waals surface area contributed by atoms with Gasteiger partial charge in [-0.1, -0.05) is 24.2 Å². The van der Waals surface area contributed by atoms with E-state index in [2.05, 4.69) is 44.8 Å². The summed E-state index contributed by atoms with van der Waals surface area (Å²) in [5, 5.41) is 14.2. The van der Waals surface area contributed by atoms with E-state index in [1.165, 1.54) is 0 Å². The Labute approximate surface area is 158 Å². The molecule has 0 unspecified atom stereocenters. The molecule has 2 aromatic rings. The average Bonchev–Trinajstić information content (AvgIpc) is 3.14. The van der Waals surface area contributed by atoms with Crippen molar-refractivity contribution in [3.05, 3.63) is 29.2 Å². The Kier molecular flexibility index (Phi) is 8.72. The number of nitrogens with zero attached hydrogens (tertiary/aromatic N) is 4. The Morgan fingerprint density at radius 3 is 2.62 bits per heavy atom. The molecule has 134 valence electrons. The second-order valence-corrected chi connectivity index (χ2v) is 5.48. The third-order valence-electron chi connectivity index (χ3n) is 3.11. The molecule has 0 radical (unpaired) electrons. The highest BCUT2D eigenvalue weighted by Crippen LogP contribution is 2.14. The lowest BCUT2D eigenvalue weighted by atomic mass is 10.1. The van der Waals surface area contributed by atoms with Crippen LogP contribution in [0, 0.1) is 6.92 Å². The third kappa shape index (κ3) is 6.46. The maximum atomic E-state index is 5.29. The summed E-state index contributed by atoms with van der Waals surface area (Å²) >= 11 is 0. The number of guanidine groups is 1. The highest BCUT2D eigenvalue weighted by molar-refractivity contribution is 14.0. The zero-order valence-electron chi connectivity index (χ0n) is 14.5. The van der Waals surface area contributed by atoms with Gasteiger partial charge in [0.25, 0.3) is 0 Å². The SMILES string of the molecule is CCNC(=NCc1cc(C(C)C)no1)NCCc1nc(C)no1.I. The van der Waals surface area contributed by atoms with Crippen molar-refractivity contribution >= 4 is 29.9 Å². The minimum absolute atomic E-state index is 0. The Balaban J connectivity index is 0.00000288. The van der Waals surface area contributed by atoms with Crippen molar-refractivity contribution in [3.63, 3.8) is 0 Å². The van der Waals surface area contributed by atoms with Gasteiger partial charge in [-0.05, 0) is 19.8 Å². The molecule has 0 aliphatic carbocycles. The number of aryl methyl sites for hydroxylation is 1. The first-order chi connectivity index (χ1) is 11.1. The van der Waals surface area contributed by atoms with Crippen molar-refractivity contribution in [1.82, 2.24) is 25.9 Å². The van der Waals surface area contributed by atoms with E-state index in [1.807, 2.05) is 13.0 Å². The predicted molar refractivity (Wildman–Crippen MR) is 102 cm³/mol. The minimum atomic E-state index is 0. The molecule has 0 aliphatic rings. The minimum Gasteiger partial charge on any atom is -0.359 e. The van der Waals surface area contributed by atoms with Gasteiger partial charge in [-0.2, -0.15) is 4.98 Å². The van der Waals surface area contributed by atoms with Gasteiger partial charge < -0.3 is 19.7 Å². The normalized spacial score (nSPS) is 11.5. The number of hydrogen-bond donors (Lipinski definition) is 2. The number of rotatable bonds is 7. The van der Waals surface area contributed by atoms with Gasteiger partial charge in [0.05, 0.1) is 5.69 Å². The maximum absolute atomic E-state index is 5.29. The number of hydrogen-bond acceptors (Lipinski definition) is 6. The second kappa shape index (κ2) is 10.3. The second-order valence-electron chi connectivity index (χ2n) is 5.48. The first-order valence-corrected chi connectivity index (χ1v) is 7.85. The first-order valence-electron chi connectivity index (χ1n) is 7.85. The number of aliphatic imine (C=N–C) groups is 1. The summed E-state index contributed by atoms with van der Waals surface area (Å²) in [6.07, 6.45) is 0.644. The molecule has 0 amide bonds. The Bertz CT molecular complexity index is 637. The quantitative estimate of drug-likeness (QED) is 0.381. The summed E-state index contributed by atoms with van der Waals surface area (Å²) in [6.45, 7) is 9.85. The molecule has 9 heteroatoms. The van der Waals surface area contributed by atoms with Crippen LogP contribution < -0.4 is 10.6 Å². The molecule has 24 heavy (non-hydrogen) atoms. The molecule has 2 aromatic heterocycles. The highest BCUT2D eigenvalue weighted by Gasteiger charge is 2.08. The van der Waals surface area contributed by atoms with Crippen LogP contribution in [0.15, 0.2) is 20.1 Å². The first kappa shape index (κ1) is 20.4. The van der Waals surface area contributed by atoms with E-state index < -0.39 is 0 Å². The lowest BCUT2D eigenvalue weighted by Crippen LogP contribution is -2.38. The van der Waals surface area contributed by atoms with Crippen LogP contribution in [0.1, 0.15) is 49.9 Å². The fraction of sp³-hybridized carbons (Fsp3) is 0.600. The number of halogens is 1. The lowest BCUT2D eigenvalue weighted by Gasteiger charge is -2.09. The molecule has 0 saturated carbocycles. The van der Waals surface area contributed by atoms with Crippen LogP contribution in [-0.2, 0) is 13.0 Å². The summed E-state index contributed by atoms with van der Waals surface area (Å²) in [7, 11) is 0. The third-order valence-corrected chi connectivity index (χ3v) is 3.11. The van der Waals surface area contributed by atoms with Crippen molar-refractivity contribution in [2.45, 2.75) is 46.6 Å². The molecule has 0 bridgehead atoms. The summed E-state index contributed by atoms with van der Waals surface area (Å²) in [4.78, 5) is 8.65. The van der Waals surface area contributed by atoms with Crippen LogP contribution in [0.2, 0.25) is 0 Å². The molecule has 0 fully saturated rings. The van der Waals surface area contributed by atoms with E-state index in [4.69, 9.17) is 9.05 Å². The molecule has 2 heterocycles. The zero-order valence-corrected chi connectivity index (χ0v) is 16.8. The molecule has 2 N–H and O–H groups in total. The summed E-state index contributed by atoms with van der Waals surface area (Å²) in [6, 6.07) is 1.94. The fourth-order valence-corrected chi connectivity index (χ4v) is 1.90. The fourth-order valence-electron chi connectivity index (χ4n) is 1.90. The van der Waals surface area contributed by atoms with Crippen LogP contribution in [-0.4, -0.2) is 34.3 Å². The van der Waals surface area contributed by atoms with E-state index in [0.29, 0.717) is 43.1 Å². The molecule has 0 atom stereocenters. The summed E-state index contributed by atoms with van der Waals surface area (Å²) in [5.41, 5.74) is 0.944. The van der Waals surface area contributed by atoms with Crippen molar-refractivity contribution in [3.8, 4) is 0 Å². The van der Waals surface area contributed by atoms with Gasteiger partial charge in [-0.25, -0.2) is 4.99 Å². The zero-order chi connectivity index (χ0) is 16.7. The van der Waals surface area contributed by atoms with E-state index >= 15 is 0 Å². The van der Waals surface area contributed by atoms with Crippen LogP contribution in [0.4, 0.5) is 0 Å². The van der Waals surface area contributed by atoms with Crippen LogP contribution >= 0.6 is 24.0 Å². The predicted octanol–water partition coefficient (Wildman–Crippen LogP) is 2.41. The van der Waals surface area contributed by atoms with Gasteiger partial charge in [0.15, 0.2) is 17.5 Å². The summed E-state index contributed by atoms with van der Waals surface area (Å²) < 4.78 is 10.4. The van der Waals surface area contributed by atoms with Gasteiger partial charge in [-0.15, -0.1) is 24.0 Å². The topological polar surface area (TPSA) is 101 Å². The van der Waals surface area contributed by atoms with Crippen molar-refractivity contribution < 1.29 is 9.05 Å². The molecule has 0 aromatic carbocycles. The largest absolute Gasteiger partial charge is 0.359 e. The van der Waals surface area contributed by atoms with E-state index in [9.17, 15) is 0 Å². The Hall–Kier alpha value is -1.65. The number of nitrogens with one attached hydrogen (secondary N) is 2. The van der Waals surface area contributed by atoms with E-state index in [0.717, 1.165) is 18.0 Å². The standard InChI is InChI=1S/C15H24N6O2.HI/c1-5-16-15(17-7-6-14-19-11(4)20-23-14)18-9-12-8-13(10(2)3)21-22-12;/h8,10H,5-7,9H2,1-4H3,(H2,16,17,18);1H. The van der Waals surface area contributed by atoms with Crippen molar-refractivity contribution in [2.75, 3.05) is 13.1 Å². The molecule has 0 spiro atoms. The Morgan fingerprint density at radius 1 is 1.25 bits per heavy atom. The van der Waals surface area contributed by atoms with Crippen LogP contribution in [0.5, 0.6) is 0 Å². The monoisotopic (exact) mass is 448 g/mol. The molecule has 0 aliphatic heterocycles. The highest BCUT2D eigenvalue weighted by atomic mass is 127. The van der Waals surface area contributed by atoms with Crippen LogP contribution in [0.25, 0.3) is 0 Å². The smallest absolute Gasteiger partial charge is 0.228 e. The van der Waals surface area contributed by atoms with Gasteiger partial charge in [0.2, 0.25) is 5.89 Å². The molecule has 2 rings (SSSR count). The lowest BCUT2D eigenvalue weighted by molar-refractivity contribution is 0.374. The maximum Gasteiger partial charge on any atom is 0.228 e. The number of aromatic nitrogens is 3. The van der Waals surface area contributed by atoms with Gasteiger partial charge in [-0.3, -0.25) is 0 Å². The van der Waals surface area contributed by atoms with Crippen molar-refractivity contribution in [1.29, 1.82) is 0 Å². The summed E-state index contributed by atoms with van der Waals surface area (Å²) in [5.74, 6) is 3.07. The molecule has 8 nitrogen and oxygen atoms in total. The van der Waals surface area contributed by atoms with Gasteiger partial charge >= 0.3 is 0 Å². The average molecular weight is 448 g/mol. The van der Waals surface area contributed by atoms with Gasteiger partial charge in [0, 0.05) is 25.6 Å². The van der Waals surface area contributed by atoms with Crippen LogP contribution in [0.3, 0.4) is 0 Å². The molecule has 0 saturated heterocycles. The van der Waals surface area contributed by atoms with Gasteiger partial charge in [0.1, 0.15) is 6.54 Å². The van der Waals surface area contributed by atoms with E-state index in [-0.39, 0.29) is 24.0 Å². The van der Waals surface area contributed by atoms with E-state index in [1.54, 1.807) is 6.92 Å².